The number of Topliss-reactive ketones (excluding diaryl/α,β-unsaturated/α-hetero) is 2. The third-order valence-electron chi connectivity index (χ3n) is 4.79. The molecular formula is C21H22N2O4S. The fourth-order valence-corrected chi connectivity index (χ4v) is 4.75. The van der Waals surface area contributed by atoms with Crippen molar-refractivity contribution in [3.05, 3.63) is 75.8 Å². The van der Waals surface area contributed by atoms with Crippen molar-refractivity contribution in [2.45, 2.75) is 20.8 Å². The van der Waals surface area contributed by atoms with Crippen LogP contribution in [0.3, 0.4) is 0 Å². The number of benzene rings is 2. The first-order valence-corrected chi connectivity index (χ1v) is 10.6. The van der Waals surface area contributed by atoms with Gasteiger partial charge < -0.3 is 4.90 Å². The van der Waals surface area contributed by atoms with Crippen LogP contribution in [0.1, 0.15) is 40.1 Å². The maximum absolute atomic E-state index is 13.3. The lowest BCUT2D eigenvalue weighted by molar-refractivity contribution is 0.0949. The lowest BCUT2D eigenvalue weighted by atomic mass is 9.92. The summed E-state index contributed by atoms with van der Waals surface area (Å²) in [6, 6.07) is 13.2. The van der Waals surface area contributed by atoms with E-state index < -0.39 is 26.5 Å². The summed E-state index contributed by atoms with van der Waals surface area (Å²) in [6.45, 7) is 6.19. The van der Waals surface area contributed by atoms with Crippen LogP contribution in [0.4, 0.5) is 5.69 Å². The second-order valence-corrected chi connectivity index (χ2v) is 8.09. The molecule has 1 aliphatic rings. The highest BCUT2D eigenvalue weighted by Crippen LogP contribution is 2.32. The van der Waals surface area contributed by atoms with Gasteiger partial charge in [0.1, 0.15) is 5.70 Å². The highest BCUT2D eigenvalue weighted by atomic mass is 32.2. The number of fused-ring (bicyclic) bond motifs is 1. The Labute approximate surface area is 164 Å². The van der Waals surface area contributed by atoms with Crippen molar-refractivity contribution in [2.75, 3.05) is 17.8 Å². The Morgan fingerprint density at radius 1 is 0.857 bits per heavy atom. The van der Waals surface area contributed by atoms with E-state index in [2.05, 4.69) is 4.72 Å². The Bertz CT molecular complexity index is 1080. The molecule has 0 heterocycles. The second-order valence-electron chi connectivity index (χ2n) is 6.47. The van der Waals surface area contributed by atoms with Gasteiger partial charge in [0.05, 0.1) is 5.69 Å². The first kappa shape index (κ1) is 19.8. The van der Waals surface area contributed by atoms with E-state index in [-0.39, 0.29) is 16.8 Å². The van der Waals surface area contributed by atoms with Crippen LogP contribution in [0.15, 0.2) is 59.1 Å². The van der Waals surface area contributed by atoms with Gasteiger partial charge in [-0.2, -0.15) is 0 Å². The Morgan fingerprint density at radius 2 is 1.39 bits per heavy atom. The number of aryl methyl sites for hydroxylation is 1. The summed E-state index contributed by atoms with van der Waals surface area (Å²) < 4.78 is 29.0. The van der Waals surface area contributed by atoms with E-state index in [9.17, 15) is 18.0 Å². The van der Waals surface area contributed by atoms with Gasteiger partial charge in [-0.15, -0.1) is 0 Å². The first-order chi connectivity index (χ1) is 13.3. The summed E-state index contributed by atoms with van der Waals surface area (Å²) >= 11 is 0. The maximum Gasteiger partial charge on any atom is 0.268 e. The fourth-order valence-electron chi connectivity index (χ4n) is 3.30. The van der Waals surface area contributed by atoms with Gasteiger partial charge in [0.15, 0.2) is 4.91 Å². The van der Waals surface area contributed by atoms with Crippen molar-refractivity contribution in [1.82, 2.24) is 4.90 Å². The summed E-state index contributed by atoms with van der Waals surface area (Å²) in [6.07, 6.45) is 0. The Morgan fingerprint density at radius 3 is 1.96 bits per heavy atom. The number of carbonyl (C=O) groups excluding carboxylic acids is 2. The highest BCUT2D eigenvalue weighted by Gasteiger charge is 2.41. The van der Waals surface area contributed by atoms with Gasteiger partial charge >= 0.3 is 0 Å². The number of rotatable bonds is 6. The van der Waals surface area contributed by atoms with Gasteiger partial charge in [0.2, 0.25) is 11.6 Å². The zero-order valence-corrected chi connectivity index (χ0v) is 16.8. The van der Waals surface area contributed by atoms with Gasteiger partial charge in [0.25, 0.3) is 10.0 Å². The van der Waals surface area contributed by atoms with E-state index in [0.29, 0.717) is 24.3 Å². The molecule has 0 spiro atoms. The molecule has 2 aromatic rings. The molecule has 0 atom stereocenters. The van der Waals surface area contributed by atoms with Crippen molar-refractivity contribution < 1.29 is 18.0 Å². The first-order valence-electron chi connectivity index (χ1n) is 9.07. The molecule has 0 amide bonds. The average molecular weight is 398 g/mol. The molecule has 0 fully saturated rings. The molecule has 0 bridgehead atoms. The largest absolute Gasteiger partial charge is 0.368 e. The maximum atomic E-state index is 13.3. The number of allylic oxidation sites excluding steroid dienone is 2. The Balaban J connectivity index is 2.23. The number of hydrogen-bond acceptors (Lipinski definition) is 5. The number of hydrogen-bond donors (Lipinski definition) is 1. The van der Waals surface area contributed by atoms with Gasteiger partial charge in [-0.3, -0.25) is 14.3 Å². The van der Waals surface area contributed by atoms with Crippen LogP contribution < -0.4 is 4.72 Å². The molecule has 7 heteroatoms. The summed E-state index contributed by atoms with van der Waals surface area (Å²) in [5.41, 5.74) is 1.34. The lowest BCUT2D eigenvalue weighted by Gasteiger charge is -2.29. The van der Waals surface area contributed by atoms with Crippen LogP contribution in [-0.2, 0) is 10.0 Å². The molecule has 1 N–H and O–H groups in total. The summed E-state index contributed by atoms with van der Waals surface area (Å²) in [5, 5.41) is 0. The number of anilines is 1. The van der Waals surface area contributed by atoms with Crippen LogP contribution in [0.5, 0.6) is 0 Å². The van der Waals surface area contributed by atoms with Crippen LogP contribution >= 0.6 is 0 Å². The minimum Gasteiger partial charge on any atom is -0.368 e. The number of sulfonamides is 1. The third-order valence-corrected chi connectivity index (χ3v) is 6.20. The van der Waals surface area contributed by atoms with Crippen molar-refractivity contribution in [1.29, 1.82) is 0 Å². The minimum atomic E-state index is -4.28. The van der Waals surface area contributed by atoms with Crippen LogP contribution in [0.25, 0.3) is 0 Å². The Kier molecular flexibility index (Phi) is 5.38. The molecule has 0 unspecified atom stereocenters. The van der Waals surface area contributed by atoms with Crippen molar-refractivity contribution in [3.63, 3.8) is 0 Å². The lowest BCUT2D eigenvalue weighted by Crippen LogP contribution is -2.37. The van der Waals surface area contributed by atoms with Crippen molar-refractivity contribution in [2.24, 2.45) is 0 Å². The minimum absolute atomic E-state index is 0.0743. The number of carbonyl (C=O) groups is 2. The highest BCUT2D eigenvalue weighted by molar-refractivity contribution is 7.97. The predicted octanol–water partition coefficient (Wildman–Crippen LogP) is 3.37. The van der Waals surface area contributed by atoms with Crippen LogP contribution in [-0.4, -0.2) is 38.0 Å². The molecule has 2 aromatic carbocycles. The molecule has 6 nitrogen and oxygen atoms in total. The van der Waals surface area contributed by atoms with E-state index in [0.717, 1.165) is 0 Å². The topological polar surface area (TPSA) is 83.6 Å². The molecule has 0 aromatic heterocycles. The molecule has 0 radical (unpaired) electrons. The molecule has 0 saturated heterocycles. The van der Waals surface area contributed by atoms with E-state index >= 15 is 0 Å². The number of likely N-dealkylation sites (N-methyl/N-ethyl adjacent to an activating group) is 1. The zero-order valence-electron chi connectivity index (χ0n) is 16.0. The normalized spacial score (nSPS) is 14.1. The Hall–Kier alpha value is -2.93. The van der Waals surface area contributed by atoms with Gasteiger partial charge in [0, 0.05) is 24.2 Å². The molecule has 0 aliphatic heterocycles. The van der Waals surface area contributed by atoms with Crippen molar-refractivity contribution in [3.8, 4) is 0 Å². The van der Waals surface area contributed by atoms with Crippen molar-refractivity contribution >= 4 is 27.3 Å². The molecule has 1 aliphatic carbocycles. The standard InChI is InChI=1S/C21H22N2O4S/c1-4-23(5-2)18-19(24)15-11-7-8-12-16(15)20(25)21(18)28(26,27)22-17-13-9-6-10-14(17)3/h6-13,22H,4-5H2,1-3H3. The SMILES string of the molecule is CCN(CC)C1=C(S(=O)(=O)Nc2ccccc2C)C(=O)c2ccccc2C1=O. The molecular weight excluding hydrogens is 376 g/mol. The van der Waals surface area contributed by atoms with Gasteiger partial charge in [-0.05, 0) is 32.4 Å². The molecule has 0 saturated carbocycles. The summed E-state index contributed by atoms with van der Waals surface area (Å²) in [5.74, 6) is -1.12. The van der Waals surface area contributed by atoms with E-state index in [4.69, 9.17) is 0 Å². The van der Waals surface area contributed by atoms with Gasteiger partial charge in [-0.1, -0.05) is 42.5 Å². The monoisotopic (exact) mass is 398 g/mol. The number of para-hydroxylation sites is 1. The van der Waals surface area contributed by atoms with E-state index in [1.807, 2.05) is 13.8 Å². The van der Waals surface area contributed by atoms with Crippen LogP contribution in [0, 0.1) is 6.92 Å². The predicted molar refractivity (Wildman–Crippen MR) is 109 cm³/mol. The van der Waals surface area contributed by atoms with E-state index in [1.165, 1.54) is 6.07 Å². The molecule has 28 heavy (non-hydrogen) atoms. The number of nitrogens with one attached hydrogen (secondary N) is 1. The van der Waals surface area contributed by atoms with Gasteiger partial charge in [-0.25, -0.2) is 8.42 Å². The van der Waals surface area contributed by atoms with Crippen LogP contribution in [0.2, 0.25) is 0 Å². The summed E-state index contributed by atoms with van der Waals surface area (Å²) in [7, 11) is -4.28. The fraction of sp³-hybridized carbons (Fsp3) is 0.238. The molecule has 146 valence electrons. The average Bonchev–Trinajstić information content (AvgIpc) is 2.68. The smallest absolute Gasteiger partial charge is 0.268 e. The number of nitrogens with zero attached hydrogens (tertiary/aromatic N) is 1. The van der Waals surface area contributed by atoms with E-state index in [1.54, 1.807) is 54.3 Å². The molecule has 3 rings (SSSR count). The summed E-state index contributed by atoms with van der Waals surface area (Å²) in [4.78, 5) is 27.4. The second kappa shape index (κ2) is 7.59. The third kappa shape index (κ3) is 3.33. The number of ketones is 2. The zero-order chi connectivity index (χ0) is 20.5. The quantitative estimate of drug-likeness (QED) is 0.807.